The van der Waals surface area contributed by atoms with Gasteiger partial charge in [0, 0.05) is 0 Å². The van der Waals surface area contributed by atoms with E-state index in [2.05, 4.69) is 39.9 Å². The van der Waals surface area contributed by atoms with Gasteiger partial charge in [-0.05, 0) is 65.6 Å². The van der Waals surface area contributed by atoms with Gasteiger partial charge in [-0.15, -0.1) is 0 Å². The van der Waals surface area contributed by atoms with Crippen LogP contribution in [0.15, 0.2) is 11.6 Å². The Balaban J connectivity index is 4.90. The van der Waals surface area contributed by atoms with Crippen molar-refractivity contribution < 1.29 is 24.2 Å². The smallest absolute Gasteiger partial charge is 0.311 e. The lowest BCUT2D eigenvalue weighted by Gasteiger charge is -2.35. The predicted octanol–water partition coefficient (Wildman–Crippen LogP) is 4.44. The van der Waals surface area contributed by atoms with Crippen molar-refractivity contribution >= 4 is 14.3 Å². The molecule has 0 aliphatic heterocycles. The molecule has 6 heteroatoms. The van der Waals surface area contributed by atoms with Gasteiger partial charge in [0.15, 0.2) is 8.32 Å². The van der Waals surface area contributed by atoms with E-state index in [1.807, 2.05) is 6.92 Å². The first-order valence-corrected chi connectivity index (χ1v) is 12.7. The molecule has 0 rings (SSSR count). The van der Waals surface area contributed by atoms with E-state index in [4.69, 9.17) is 9.16 Å². The van der Waals surface area contributed by atoms with E-state index < -0.39 is 32.0 Å². The van der Waals surface area contributed by atoms with Gasteiger partial charge in [0.05, 0.1) is 18.6 Å². The van der Waals surface area contributed by atoms with Crippen LogP contribution < -0.4 is 0 Å². The van der Waals surface area contributed by atoms with Gasteiger partial charge in [0.2, 0.25) is 0 Å². The molecule has 2 atom stereocenters. The molecule has 0 spiro atoms. The molecule has 0 amide bonds. The average molecular weight is 403 g/mol. The van der Waals surface area contributed by atoms with Crippen LogP contribution in [-0.2, 0) is 14.0 Å². The van der Waals surface area contributed by atoms with Crippen LogP contribution in [0.5, 0.6) is 0 Å². The second-order valence-electron chi connectivity index (χ2n) is 10.3. The third-order valence-corrected chi connectivity index (χ3v) is 9.86. The topological polar surface area (TPSA) is 76.0 Å². The molecule has 0 aliphatic rings. The van der Waals surface area contributed by atoms with Crippen LogP contribution in [0.3, 0.4) is 0 Å². The zero-order chi connectivity index (χ0) is 21.7. The summed E-state index contributed by atoms with van der Waals surface area (Å²) in [7, 11) is -1.78. The van der Waals surface area contributed by atoms with Crippen LogP contribution in [0.25, 0.3) is 0 Å². The van der Waals surface area contributed by atoms with E-state index in [9.17, 15) is 15.0 Å². The van der Waals surface area contributed by atoms with Crippen molar-refractivity contribution in [1.29, 1.82) is 0 Å². The summed E-state index contributed by atoms with van der Waals surface area (Å²) in [5, 5.41) is 20.1. The number of hydrogen-bond donors (Lipinski definition) is 2. The van der Waals surface area contributed by atoms with Crippen molar-refractivity contribution in [2.75, 3.05) is 13.2 Å². The maximum atomic E-state index is 12.2. The molecule has 27 heavy (non-hydrogen) atoms. The molecule has 0 unspecified atom stereocenters. The number of aliphatic hydroxyl groups excluding tert-OH is 1. The highest BCUT2D eigenvalue weighted by Crippen LogP contribution is 2.36. The summed E-state index contributed by atoms with van der Waals surface area (Å²) in [4.78, 5) is 12.2. The van der Waals surface area contributed by atoms with Gasteiger partial charge in [-0.3, -0.25) is 4.79 Å². The second kappa shape index (κ2) is 9.68. The molecule has 0 aliphatic carbocycles. The summed E-state index contributed by atoms with van der Waals surface area (Å²) in [6.07, 6.45) is 2.38. The van der Waals surface area contributed by atoms with Crippen molar-refractivity contribution in [2.45, 2.75) is 98.1 Å². The fraction of sp³-hybridized carbons (Fsp3) is 0.857. The van der Waals surface area contributed by atoms with Crippen molar-refractivity contribution in [1.82, 2.24) is 0 Å². The number of carbonyl (C=O) groups is 1. The molecule has 160 valence electrons. The van der Waals surface area contributed by atoms with Crippen LogP contribution in [0.4, 0.5) is 0 Å². The molecular formula is C21H42O5Si. The van der Waals surface area contributed by atoms with Crippen molar-refractivity contribution in [3.05, 3.63) is 11.6 Å². The number of ether oxygens (including phenoxy) is 1. The third kappa shape index (κ3) is 8.90. The third-order valence-electron chi connectivity index (χ3n) is 5.36. The molecule has 0 saturated carbocycles. The minimum absolute atomic E-state index is 0.167. The highest BCUT2D eigenvalue weighted by atomic mass is 28.4. The van der Waals surface area contributed by atoms with Crippen molar-refractivity contribution in [3.63, 3.8) is 0 Å². The number of hydrogen-bond acceptors (Lipinski definition) is 5. The standard InChI is InChI=1S/C21H42O5Si/c1-16(13-14-25-27(9,10)20(5,6)7)11-12-17(21(8,24)15-22)26-18(23)19(2,3)4/h13,17,22,24H,11-12,14-15H2,1-10H3/b16-13+/t17-,21+/m0/s1. The summed E-state index contributed by atoms with van der Waals surface area (Å²) in [6, 6.07) is 0. The Morgan fingerprint density at radius 3 is 2.04 bits per heavy atom. The summed E-state index contributed by atoms with van der Waals surface area (Å²) in [5.74, 6) is -0.385. The van der Waals surface area contributed by atoms with Crippen LogP contribution in [0.1, 0.15) is 68.2 Å². The van der Waals surface area contributed by atoms with E-state index in [1.54, 1.807) is 20.8 Å². The fourth-order valence-electron chi connectivity index (χ4n) is 1.97. The normalized spacial score (nSPS) is 17.4. The van der Waals surface area contributed by atoms with Gasteiger partial charge in [-0.1, -0.05) is 32.4 Å². The number of esters is 1. The van der Waals surface area contributed by atoms with Gasteiger partial charge in [0.1, 0.15) is 11.7 Å². The van der Waals surface area contributed by atoms with Crippen molar-refractivity contribution in [3.8, 4) is 0 Å². The van der Waals surface area contributed by atoms with Gasteiger partial charge in [0.25, 0.3) is 0 Å². The highest BCUT2D eigenvalue weighted by Gasteiger charge is 2.38. The molecule has 0 radical (unpaired) electrons. The summed E-state index contributed by atoms with van der Waals surface area (Å²) >= 11 is 0. The van der Waals surface area contributed by atoms with Gasteiger partial charge in [-0.25, -0.2) is 0 Å². The average Bonchev–Trinajstić information content (AvgIpc) is 2.48. The minimum atomic E-state index is -1.78. The van der Waals surface area contributed by atoms with Gasteiger partial charge in [-0.2, -0.15) is 0 Å². The lowest BCUT2D eigenvalue weighted by molar-refractivity contribution is -0.177. The molecule has 0 aromatic carbocycles. The molecular weight excluding hydrogens is 360 g/mol. The first-order valence-electron chi connectivity index (χ1n) is 9.78. The Hall–Kier alpha value is -0.693. The van der Waals surface area contributed by atoms with Crippen LogP contribution in [-0.4, -0.2) is 49.4 Å². The zero-order valence-corrected chi connectivity index (χ0v) is 20.1. The first-order chi connectivity index (χ1) is 11.9. The monoisotopic (exact) mass is 402 g/mol. The van der Waals surface area contributed by atoms with Crippen LogP contribution in [0.2, 0.25) is 18.1 Å². The Morgan fingerprint density at radius 1 is 1.11 bits per heavy atom. The number of allylic oxidation sites excluding steroid dienone is 1. The predicted molar refractivity (Wildman–Crippen MR) is 113 cm³/mol. The maximum absolute atomic E-state index is 12.2. The zero-order valence-electron chi connectivity index (χ0n) is 19.1. The van der Waals surface area contributed by atoms with E-state index in [-0.39, 0.29) is 11.0 Å². The van der Waals surface area contributed by atoms with Crippen molar-refractivity contribution in [2.24, 2.45) is 5.41 Å². The van der Waals surface area contributed by atoms with Crippen LogP contribution in [0, 0.1) is 5.41 Å². The molecule has 0 fully saturated rings. The Bertz CT molecular complexity index is 510. The van der Waals surface area contributed by atoms with E-state index in [0.29, 0.717) is 19.4 Å². The molecule has 5 nitrogen and oxygen atoms in total. The quantitative estimate of drug-likeness (QED) is 0.339. The van der Waals surface area contributed by atoms with E-state index >= 15 is 0 Å². The summed E-state index contributed by atoms with van der Waals surface area (Å²) in [6.45, 7) is 20.0. The molecule has 0 aromatic heterocycles. The molecule has 2 N–H and O–H groups in total. The largest absolute Gasteiger partial charge is 0.459 e. The number of carbonyl (C=O) groups excluding carboxylic acids is 1. The Labute approximate surface area is 167 Å². The highest BCUT2D eigenvalue weighted by molar-refractivity contribution is 6.74. The SMILES string of the molecule is C/C(=C\CO[Si](C)(C)C(C)(C)C)CC[C@H](OC(=O)C(C)(C)C)[C@](C)(O)CO. The lowest BCUT2D eigenvalue weighted by Crippen LogP contribution is -2.46. The Kier molecular flexibility index (Phi) is 9.43. The van der Waals surface area contributed by atoms with E-state index in [0.717, 1.165) is 5.57 Å². The van der Waals surface area contributed by atoms with Gasteiger partial charge >= 0.3 is 5.97 Å². The number of rotatable bonds is 9. The van der Waals surface area contributed by atoms with E-state index in [1.165, 1.54) is 6.92 Å². The van der Waals surface area contributed by atoms with Gasteiger partial charge < -0.3 is 19.4 Å². The second-order valence-corrected chi connectivity index (χ2v) is 15.1. The lowest BCUT2D eigenvalue weighted by atomic mass is 9.92. The fourth-order valence-corrected chi connectivity index (χ4v) is 2.91. The maximum Gasteiger partial charge on any atom is 0.311 e. The first kappa shape index (κ1) is 26.3. The molecule has 0 aromatic rings. The minimum Gasteiger partial charge on any atom is -0.459 e. The summed E-state index contributed by atoms with van der Waals surface area (Å²) in [5.41, 5.74) is -1.02. The van der Waals surface area contributed by atoms with Crippen LogP contribution >= 0.6 is 0 Å². The Morgan fingerprint density at radius 2 is 1.63 bits per heavy atom. The molecule has 0 saturated heterocycles. The summed E-state index contributed by atoms with van der Waals surface area (Å²) < 4.78 is 11.7. The molecule has 0 heterocycles. The number of aliphatic hydroxyl groups is 2. The molecule has 0 bridgehead atoms.